The van der Waals surface area contributed by atoms with Crippen molar-refractivity contribution in [2.75, 3.05) is 6.61 Å². The van der Waals surface area contributed by atoms with Crippen molar-refractivity contribution in [3.63, 3.8) is 0 Å². The Labute approximate surface area is 176 Å². The molecule has 1 saturated heterocycles. The Hall–Kier alpha value is 0.628. The van der Waals surface area contributed by atoms with E-state index in [1.54, 1.807) is 0 Å². The molecule has 0 aromatic carbocycles. The van der Waals surface area contributed by atoms with E-state index in [0.29, 0.717) is 6.61 Å². The van der Waals surface area contributed by atoms with Gasteiger partial charge >= 0.3 is 0 Å². The molecule has 1 N–H and O–H groups in total. The minimum absolute atomic E-state index is 0.320. The summed E-state index contributed by atoms with van der Waals surface area (Å²) in [6.07, 6.45) is -2.67. The van der Waals surface area contributed by atoms with Crippen LogP contribution in [0.25, 0.3) is 0 Å². The standard InChI is InChI=1S/C18H44O6Si4/c1-25(2,3)20-13-14-15(22-26(4,5)6)16(23-27(7,8)9)17(18(19)21-14)24-28(10,11)12/h14-19H,13H2,1-12H3/t14-,15+,16+,17-,18?/m1/s1. The predicted octanol–water partition coefficient (Wildman–Crippen LogP) is 4.22. The van der Waals surface area contributed by atoms with Gasteiger partial charge in [0.2, 0.25) is 0 Å². The zero-order valence-corrected chi connectivity index (χ0v) is 24.1. The van der Waals surface area contributed by atoms with E-state index < -0.39 is 45.7 Å². The number of ether oxygens (including phenoxy) is 1. The van der Waals surface area contributed by atoms with Crippen LogP contribution in [0.1, 0.15) is 0 Å². The highest BCUT2D eigenvalue weighted by Gasteiger charge is 2.51. The van der Waals surface area contributed by atoms with Crippen molar-refractivity contribution in [1.82, 2.24) is 0 Å². The predicted molar refractivity (Wildman–Crippen MR) is 125 cm³/mol. The normalized spacial score (nSPS) is 30.5. The molecule has 0 amide bonds. The number of hydrogen-bond acceptors (Lipinski definition) is 6. The number of aliphatic hydroxyl groups is 1. The average molecular weight is 469 g/mol. The largest absolute Gasteiger partial charge is 0.415 e. The summed E-state index contributed by atoms with van der Waals surface area (Å²) in [5.74, 6) is 0. The van der Waals surface area contributed by atoms with E-state index in [-0.39, 0.29) is 18.3 Å². The lowest BCUT2D eigenvalue weighted by Crippen LogP contribution is -2.66. The minimum Gasteiger partial charge on any atom is -0.415 e. The van der Waals surface area contributed by atoms with Crippen molar-refractivity contribution < 1.29 is 27.5 Å². The molecular formula is C18H44O6Si4. The molecule has 0 radical (unpaired) electrons. The molecule has 5 atom stereocenters. The Kier molecular flexibility index (Phi) is 8.96. The van der Waals surface area contributed by atoms with Crippen LogP contribution in [0.3, 0.4) is 0 Å². The van der Waals surface area contributed by atoms with Crippen LogP contribution < -0.4 is 0 Å². The number of aliphatic hydroxyl groups excluding tert-OH is 1. The van der Waals surface area contributed by atoms with Crippen molar-refractivity contribution in [2.24, 2.45) is 0 Å². The second kappa shape index (κ2) is 9.41. The van der Waals surface area contributed by atoms with Gasteiger partial charge in [-0.3, -0.25) is 0 Å². The fourth-order valence-corrected chi connectivity index (χ4v) is 6.91. The van der Waals surface area contributed by atoms with Crippen molar-refractivity contribution in [1.29, 1.82) is 0 Å². The highest BCUT2D eigenvalue weighted by atomic mass is 28.4. The molecule has 0 spiro atoms. The van der Waals surface area contributed by atoms with E-state index >= 15 is 0 Å². The maximum atomic E-state index is 10.8. The first kappa shape index (κ1) is 26.7. The molecule has 6 nitrogen and oxygen atoms in total. The van der Waals surface area contributed by atoms with Gasteiger partial charge < -0.3 is 27.5 Å². The van der Waals surface area contributed by atoms with E-state index in [4.69, 9.17) is 22.4 Å². The van der Waals surface area contributed by atoms with Gasteiger partial charge in [-0.1, -0.05) is 0 Å². The first-order valence-corrected chi connectivity index (χ1v) is 23.9. The molecular weight excluding hydrogens is 425 g/mol. The molecule has 0 bridgehead atoms. The van der Waals surface area contributed by atoms with Gasteiger partial charge in [-0.05, 0) is 78.6 Å². The summed E-state index contributed by atoms with van der Waals surface area (Å²) in [6, 6.07) is 0. The summed E-state index contributed by atoms with van der Waals surface area (Å²) >= 11 is 0. The van der Waals surface area contributed by atoms with Gasteiger partial charge in [-0.25, -0.2) is 0 Å². The minimum atomic E-state index is -1.94. The van der Waals surface area contributed by atoms with Crippen LogP contribution in [0.4, 0.5) is 0 Å². The first-order chi connectivity index (χ1) is 12.3. The summed E-state index contributed by atoms with van der Waals surface area (Å²) in [5, 5.41) is 10.8. The Bertz CT molecular complexity index is 492. The average Bonchev–Trinajstić information content (AvgIpc) is 2.39. The summed E-state index contributed by atoms with van der Waals surface area (Å²) in [5.41, 5.74) is 0. The van der Waals surface area contributed by atoms with Gasteiger partial charge in [0.05, 0.1) is 6.61 Å². The van der Waals surface area contributed by atoms with Crippen LogP contribution >= 0.6 is 0 Å². The third kappa shape index (κ3) is 10.1. The molecule has 1 aliphatic heterocycles. The molecule has 0 saturated carbocycles. The zero-order valence-electron chi connectivity index (χ0n) is 20.1. The van der Waals surface area contributed by atoms with Gasteiger partial charge in [0, 0.05) is 0 Å². The Morgan fingerprint density at radius 2 is 1.00 bits per heavy atom. The maximum Gasteiger partial charge on any atom is 0.184 e. The lowest BCUT2D eigenvalue weighted by Gasteiger charge is -2.49. The van der Waals surface area contributed by atoms with Crippen molar-refractivity contribution >= 4 is 33.3 Å². The summed E-state index contributed by atoms with van der Waals surface area (Å²) in [4.78, 5) is 0. The molecule has 10 heteroatoms. The van der Waals surface area contributed by atoms with Gasteiger partial charge in [0.15, 0.2) is 39.6 Å². The Morgan fingerprint density at radius 3 is 1.39 bits per heavy atom. The zero-order chi connectivity index (χ0) is 22.1. The lowest BCUT2D eigenvalue weighted by atomic mass is 9.99. The number of rotatable bonds is 9. The van der Waals surface area contributed by atoms with E-state index in [1.165, 1.54) is 0 Å². The molecule has 0 aromatic rings. The topological polar surface area (TPSA) is 66.4 Å². The lowest BCUT2D eigenvalue weighted by molar-refractivity contribution is -0.274. The SMILES string of the molecule is C[Si](C)(C)OC[C@H]1OC(O)[C@H](O[Si](C)(C)C)[C@@H](O[Si](C)(C)C)[C@H]1O[Si](C)(C)C. The monoisotopic (exact) mass is 468 g/mol. The molecule has 1 unspecified atom stereocenters. The van der Waals surface area contributed by atoms with E-state index in [2.05, 4.69) is 78.6 Å². The molecule has 28 heavy (non-hydrogen) atoms. The molecule has 1 fully saturated rings. The van der Waals surface area contributed by atoms with Crippen molar-refractivity contribution in [3.05, 3.63) is 0 Å². The molecule has 0 aromatic heterocycles. The summed E-state index contributed by atoms with van der Waals surface area (Å²) in [6.45, 7) is 26.1. The molecule has 0 aliphatic carbocycles. The summed E-state index contributed by atoms with van der Waals surface area (Å²) < 4.78 is 31.7. The van der Waals surface area contributed by atoms with E-state index in [1.807, 2.05) is 0 Å². The molecule has 168 valence electrons. The Balaban J connectivity index is 3.26. The smallest absolute Gasteiger partial charge is 0.184 e. The van der Waals surface area contributed by atoms with Crippen LogP contribution in [-0.2, 0) is 22.4 Å². The highest BCUT2D eigenvalue weighted by Crippen LogP contribution is 2.33. The fourth-order valence-electron chi connectivity index (χ4n) is 2.99. The van der Waals surface area contributed by atoms with Gasteiger partial charge in [-0.2, -0.15) is 0 Å². The second-order valence-corrected chi connectivity index (χ2v) is 29.5. The van der Waals surface area contributed by atoms with Crippen LogP contribution in [0, 0.1) is 0 Å². The van der Waals surface area contributed by atoms with Crippen LogP contribution in [-0.4, -0.2) is 75.7 Å². The fraction of sp³-hybridized carbons (Fsp3) is 1.00. The van der Waals surface area contributed by atoms with Gasteiger partial charge in [-0.15, -0.1) is 0 Å². The quantitative estimate of drug-likeness (QED) is 0.511. The van der Waals surface area contributed by atoms with Crippen molar-refractivity contribution in [2.45, 2.75) is 109 Å². The number of hydrogen-bond donors (Lipinski definition) is 1. The first-order valence-electron chi connectivity index (χ1n) is 10.3. The molecule has 1 heterocycles. The van der Waals surface area contributed by atoms with Crippen LogP contribution in [0.2, 0.25) is 78.6 Å². The Morgan fingerprint density at radius 1 is 0.607 bits per heavy atom. The van der Waals surface area contributed by atoms with E-state index in [0.717, 1.165) is 0 Å². The van der Waals surface area contributed by atoms with Crippen LogP contribution in [0.15, 0.2) is 0 Å². The van der Waals surface area contributed by atoms with Gasteiger partial charge in [0.1, 0.15) is 24.4 Å². The third-order valence-corrected chi connectivity index (χ3v) is 7.73. The maximum absolute atomic E-state index is 10.8. The molecule has 1 rings (SSSR count). The summed E-state index contributed by atoms with van der Waals surface area (Å²) in [7, 11) is -7.50. The van der Waals surface area contributed by atoms with E-state index in [9.17, 15) is 5.11 Å². The molecule has 1 aliphatic rings. The van der Waals surface area contributed by atoms with Crippen LogP contribution in [0.5, 0.6) is 0 Å². The van der Waals surface area contributed by atoms with Gasteiger partial charge in [0.25, 0.3) is 0 Å². The highest BCUT2D eigenvalue weighted by molar-refractivity contribution is 6.71. The van der Waals surface area contributed by atoms with Crippen molar-refractivity contribution in [3.8, 4) is 0 Å². The second-order valence-electron chi connectivity index (χ2n) is 11.6. The third-order valence-electron chi connectivity index (χ3n) is 3.76.